The number of rotatable bonds is 2. The molecular formula is C11H22N2O. The average molecular weight is 198 g/mol. The fraction of sp³-hybridized carbons (Fsp3) is 1.00. The van der Waals surface area contributed by atoms with Gasteiger partial charge in [-0.25, -0.2) is 0 Å². The van der Waals surface area contributed by atoms with Gasteiger partial charge in [-0.3, -0.25) is 4.90 Å². The third kappa shape index (κ3) is 2.27. The number of morpholine rings is 1. The molecule has 0 saturated carbocycles. The molecule has 3 atom stereocenters. The van der Waals surface area contributed by atoms with Crippen molar-refractivity contribution in [3.63, 3.8) is 0 Å². The molecule has 3 heteroatoms. The Bertz CT molecular complexity index is 180. The Morgan fingerprint density at radius 2 is 2.29 bits per heavy atom. The molecule has 2 rings (SSSR count). The molecule has 1 N–H and O–H groups in total. The van der Waals surface area contributed by atoms with Crippen LogP contribution in [-0.2, 0) is 4.74 Å². The fourth-order valence-corrected chi connectivity index (χ4v) is 2.45. The lowest BCUT2D eigenvalue weighted by Gasteiger charge is -2.39. The van der Waals surface area contributed by atoms with E-state index >= 15 is 0 Å². The van der Waals surface area contributed by atoms with Crippen LogP contribution in [0.1, 0.15) is 26.7 Å². The second kappa shape index (κ2) is 4.60. The minimum Gasteiger partial charge on any atom is -0.376 e. The molecule has 14 heavy (non-hydrogen) atoms. The van der Waals surface area contributed by atoms with Crippen molar-refractivity contribution in [1.82, 2.24) is 10.2 Å². The monoisotopic (exact) mass is 198 g/mol. The second-order valence-electron chi connectivity index (χ2n) is 4.60. The van der Waals surface area contributed by atoms with Gasteiger partial charge in [-0.2, -0.15) is 0 Å². The number of nitrogens with one attached hydrogen (secondary N) is 1. The van der Waals surface area contributed by atoms with Crippen LogP contribution in [-0.4, -0.2) is 49.3 Å². The van der Waals surface area contributed by atoms with Crippen molar-refractivity contribution >= 4 is 0 Å². The number of ether oxygens (including phenoxy) is 1. The third-order valence-corrected chi connectivity index (χ3v) is 3.63. The predicted molar refractivity (Wildman–Crippen MR) is 57.5 cm³/mol. The maximum atomic E-state index is 5.62. The highest BCUT2D eigenvalue weighted by molar-refractivity contribution is 4.84. The quantitative estimate of drug-likeness (QED) is 0.712. The molecule has 0 amide bonds. The molecule has 0 bridgehead atoms. The van der Waals surface area contributed by atoms with Crippen molar-refractivity contribution < 1.29 is 4.74 Å². The highest BCUT2D eigenvalue weighted by Crippen LogP contribution is 2.16. The van der Waals surface area contributed by atoms with E-state index in [4.69, 9.17) is 4.74 Å². The first-order valence-electron chi connectivity index (χ1n) is 5.86. The predicted octanol–water partition coefficient (Wildman–Crippen LogP) is 0.848. The van der Waals surface area contributed by atoms with E-state index in [0.717, 1.165) is 19.2 Å². The van der Waals surface area contributed by atoms with Gasteiger partial charge in [0.1, 0.15) is 0 Å². The second-order valence-corrected chi connectivity index (χ2v) is 4.60. The molecule has 2 aliphatic rings. The van der Waals surface area contributed by atoms with Crippen LogP contribution in [0.4, 0.5) is 0 Å². The zero-order valence-corrected chi connectivity index (χ0v) is 9.33. The van der Waals surface area contributed by atoms with E-state index in [0.29, 0.717) is 12.1 Å². The molecule has 0 radical (unpaired) electrons. The SMILES string of the molecule is CC1OCCN(CC2CCCN2)C1C. The van der Waals surface area contributed by atoms with Gasteiger partial charge < -0.3 is 10.1 Å². The molecule has 2 aliphatic heterocycles. The van der Waals surface area contributed by atoms with E-state index < -0.39 is 0 Å². The largest absolute Gasteiger partial charge is 0.376 e. The van der Waals surface area contributed by atoms with Crippen molar-refractivity contribution in [1.29, 1.82) is 0 Å². The van der Waals surface area contributed by atoms with Crippen molar-refractivity contribution in [2.45, 2.75) is 44.9 Å². The summed E-state index contributed by atoms with van der Waals surface area (Å²) in [7, 11) is 0. The summed E-state index contributed by atoms with van der Waals surface area (Å²) >= 11 is 0. The van der Waals surface area contributed by atoms with E-state index in [2.05, 4.69) is 24.1 Å². The summed E-state index contributed by atoms with van der Waals surface area (Å²) in [6.07, 6.45) is 3.09. The van der Waals surface area contributed by atoms with Crippen LogP contribution in [0.15, 0.2) is 0 Å². The summed E-state index contributed by atoms with van der Waals surface area (Å²) in [6, 6.07) is 1.30. The molecule has 82 valence electrons. The first-order valence-corrected chi connectivity index (χ1v) is 5.86. The van der Waals surface area contributed by atoms with Gasteiger partial charge in [0.05, 0.1) is 12.7 Å². The van der Waals surface area contributed by atoms with Crippen LogP contribution in [0.5, 0.6) is 0 Å². The zero-order chi connectivity index (χ0) is 9.97. The lowest BCUT2D eigenvalue weighted by atomic mass is 10.1. The van der Waals surface area contributed by atoms with E-state index in [1.165, 1.54) is 25.9 Å². The molecule has 0 aromatic rings. The van der Waals surface area contributed by atoms with Gasteiger partial charge in [-0.15, -0.1) is 0 Å². The highest BCUT2D eigenvalue weighted by Gasteiger charge is 2.27. The van der Waals surface area contributed by atoms with Gasteiger partial charge in [0.25, 0.3) is 0 Å². The van der Waals surface area contributed by atoms with Gasteiger partial charge in [-0.1, -0.05) is 0 Å². The molecule has 0 aromatic heterocycles. The van der Waals surface area contributed by atoms with E-state index in [1.54, 1.807) is 0 Å². The minimum atomic E-state index is 0.394. The number of hydrogen-bond donors (Lipinski definition) is 1. The molecule has 0 aliphatic carbocycles. The summed E-state index contributed by atoms with van der Waals surface area (Å²) in [4.78, 5) is 2.57. The van der Waals surface area contributed by atoms with E-state index in [9.17, 15) is 0 Å². The summed E-state index contributed by atoms with van der Waals surface area (Å²) in [5, 5.41) is 3.56. The van der Waals surface area contributed by atoms with Gasteiger partial charge in [0, 0.05) is 25.2 Å². The summed E-state index contributed by atoms with van der Waals surface area (Å²) < 4.78 is 5.62. The topological polar surface area (TPSA) is 24.5 Å². The Kier molecular flexibility index (Phi) is 3.42. The molecule has 2 heterocycles. The summed E-state index contributed by atoms with van der Waals surface area (Å²) in [5.41, 5.74) is 0. The van der Waals surface area contributed by atoms with Gasteiger partial charge >= 0.3 is 0 Å². The van der Waals surface area contributed by atoms with Crippen molar-refractivity contribution in [3.8, 4) is 0 Å². The zero-order valence-electron chi connectivity index (χ0n) is 9.33. The Balaban J connectivity index is 1.83. The normalized spacial score (nSPS) is 40.3. The first kappa shape index (κ1) is 10.4. The van der Waals surface area contributed by atoms with E-state index in [1.807, 2.05) is 0 Å². The van der Waals surface area contributed by atoms with Gasteiger partial charge in [-0.05, 0) is 33.2 Å². The Labute approximate surface area is 86.8 Å². The molecule has 0 aromatic carbocycles. The standard InChI is InChI=1S/C11H22N2O/c1-9-10(2)14-7-6-13(9)8-11-4-3-5-12-11/h9-12H,3-8H2,1-2H3. The lowest BCUT2D eigenvalue weighted by Crippen LogP contribution is -2.52. The fourth-order valence-electron chi connectivity index (χ4n) is 2.45. The van der Waals surface area contributed by atoms with Crippen LogP contribution in [0.3, 0.4) is 0 Å². The van der Waals surface area contributed by atoms with Crippen LogP contribution in [0.2, 0.25) is 0 Å². The molecular weight excluding hydrogens is 176 g/mol. The van der Waals surface area contributed by atoms with Crippen molar-refractivity contribution in [3.05, 3.63) is 0 Å². The first-order chi connectivity index (χ1) is 6.77. The minimum absolute atomic E-state index is 0.394. The van der Waals surface area contributed by atoms with Crippen molar-refractivity contribution in [2.75, 3.05) is 26.2 Å². The van der Waals surface area contributed by atoms with Gasteiger partial charge in [0.2, 0.25) is 0 Å². The number of nitrogens with zero attached hydrogens (tertiary/aromatic N) is 1. The third-order valence-electron chi connectivity index (χ3n) is 3.63. The maximum absolute atomic E-state index is 5.62. The highest BCUT2D eigenvalue weighted by atomic mass is 16.5. The molecule has 2 fully saturated rings. The summed E-state index contributed by atoms with van der Waals surface area (Å²) in [6.45, 7) is 8.87. The molecule has 0 spiro atoms. The Morgan fingerprint density at radius 1 is 1.43 bits per heavy atom. The van der Waals surface area contributed by atoms with Crippen LogP contribution >= 0.6 is 0 Å². The average Bonchev–Trinajstić information content (AvgIpc) is 2.66. The van der Waals surface area contributed by atoms with Crippen molar-refractivity contribution in [2.24, 2.45) is 0 Å². The molecule has 3 nitrogen and oxygen atoms in total. The smallest absolute Gasteiger partial charge is 0.0700 e. The Morgan fingerprint density at radius 3 is 3.00 bits per heavy atom. The summed E-state index contributed by atoms with van der Waals surface area (Å²) in [5.74, 6) is 0. The number of hydrogen-bond acceptors (Lipinski definition) is 3. The molecule has 2 saturated heterocycles. The van der Waals surface area contributed by atoms with Gasteiger partial charge in [0.15, 0.2) is 0 Å². The molecule has 3 unspecified atom stereocenters. The van der Waals surface area contributed by atoms with Crippen LogP contribution in [0, 0.1) is 0 Å². The van der Waals surface area contributed by atoms with Crippen LogP contribution in [0.25, 0.3) is 0 Å². The van der Waals surface area contributed by atoms with Crippen LogP contribution < -0.4 is 5.32 Å². The maximum Gasteiger partial charge on any atom is 0.0700 e. The Hall–Kier alpha value is -0.120. The lowest BCUT2D eigenvalue weighted by molar-refractivity contribution is -0.0572. The van der Waals surface area contributed by atoms with E-state index in [-0.39, 0.29) is 0 Å².